The summed E-state index contributed by atoms with van der Waals surface area (Å²) in [5, 5.41) is 3.92. The smallest absolute Gasteiger partial charge is 0.243 e. The lowest BCUT2D eigenvalue weighted by Gasteiger charge is -2.14. The molecule has 0 aliphatic rings. The van der Waals surface area contributed by atoms with E-state index in [1.54, 1.807) is 0 Å². The first-order valence-corrected chi connectivity index (χ1v) is 7.25. The molecular formula is C10H20N4O4S. The second-order valence-electron chi connectivity index (χ2n) is 3.89. The van der Waals surface area contributed by atoms with Gasteiger partial charge in [0.25, 0.3) is 0 Å². The van der Waals surface area contributed by atoms with Gasteiger partial charge in [0, 0.05) is 33.5 Å². The van der Waals surface area contributed by atoms with Crippen molar-refractivity contribution in [1.29, 1.82) is 0 Å². The standard InChI is InChI=1S/C10H20N4O4S/c1-17-8-9(18-2)5-13-19(15,16)10-6-12-14(7-10)4-3-11/h6-7,9,13H,3-5,8,11H2,1-2H3. The third-order valence-electron chi connectivity index (χ3n) is 2.46. The van der Waals surface area contributed by atoms with Crippen LogP contribution in [-0.4, -0.2) is 58.2 Å². The van der Waals surface area contributed by atoms with Crippen molar-refractivity contribution in [2.45, 2.75) is 17.5 Å². The number of nitrogens with one attached hydrogen (secondary N) is 1. The Labute approximate surface area is 112 Å². The highest BCUT2D eigenvalue weighted by atomic mass is 32.2. The summed E-state index contributed by atoms with van der Waals surface area (Å²) in [7, 11) is -0.568. The van der Waals surface area contributed by atoms with Crippen molar-refractivity contribution in [2.75, 3.05) is 33.9 Å². The number of hydrogen-bond donors (Lipinski definition) is 2. The monoisotopic (exact) mass is 292 g/mol. The van der Waals surface area contributed by atoms with Gasteiger partial charge in [-0.15, -0.1) is 0 Å². The van der Waals surface area contributed by atoms with Gasteiger partial charge in [0.2, 0.25) is 10.0 Å². The molecule has 0 radical (unpaired) electrons. The number of aromatic nitrogens is 2. The Hall–Kier alpha value is -1.00. The molecule has 19 heavy (non-hydrogen) atoms. The summed E-state index contributed by atoms with van der Waals surface area (Å²) in [6.45, 7) is 1.31. The molecule has 0 aliphatic carbocycles. The van der Waals surface area contributed by atoms with E-state index >= 15 is 0 Å². The number of sulfonamides is 1. The number of nitrogens with zero attached hydrogens (tertiary/aromatic N) is 2. The van der Waals surface area contributed by atoms with Gasteiger partial charge >= 0.3 is 0 Å². The second-order valence-corrected chi connectivity index (χ2v) is 5.66. The van der Waals surface area contributed by atoms with Crippen LogP contribution in [0.2, 0.25) is 0 Å². The molecule has 0 aliphatic heterocycles. The van der Waals surface area contributed by atoms with E-state index in [2.05, 4.69) is 9.82 Å². The summed E-state index contributed by atoms with van der Waals surface area (Å²) in [6.07, 6.45) is 2.39. The van der Waals surface area contributed by atoms with E-state index in [-0.39, 0.29) is 17.5 Å². The third-order valence-corrected chi connectivity index (χ3v) is 3.84. The van der Waals surface area contributed by atoms with Crippen LogP contribution in [0.25, 0.3) is 0 Å². The molecule has 0 bridgehead atoms. The average Bonchev–Trinajstić information content (AvgIpc) is 2.84. The summed E-state index contributed by atoms with van der Waals surface area (Å²) >= 11 is 0. The highest BCUT2D eigenvalue weighted by molar-refractivity contribution is 7.89. The predicted octanol–water partition coefficient (Wildman–Crippen LogP) is -1.22. The molecule has 9 heteroatoms. The lowest BCUT2D eigenvalue weighted by atomic mass is 10.4. The van der Waals surface area contributed by atoms with Gasteiger partial charge < -0.3 is 15.2 Å². The topological polar surface area (TPSA) is 108 Å². The zero-order valence-corrected chi connectivity index (χ0v) is 11.9. The van der Waals surface area contributed by atoms with Crippen LogP contribution in [0.5, 0.6) is 0 Å². The largest absolute Gasteiger partial charge is 0.382 e. The Bertz CT molecular complexity index is 474. The molecule has 0 saturated heterocycles. The Morgan fingerprint density at radius 3 is 2.84 bits per heavy atom. The normalized spacial score (nSPS) is 13.6. The molecule has 1 rings (SSSR count). The van der Waals surface area contributed by atoms with Gasteiger partial charge in [0.1, 0.15) is 4.90 Å². The molecular weight excluding hydrogens is 272 g/mol. The summed E-state index contributed by atoms with van der Waals surface area (Å²) in [4.78, 5) is 0.105. The molecule has 0 saturated carbocycles. The maximum absolute atomic E-state index is 12.0. The molecule has 8 nitrogen and oxygen atoms in total. The SMILES string of the molecule is COCC(CNS(=O)(=O)c1cnn(CCN)c1)OC. The summed E-state index contributed by atoms with van der Waals surface area (Å²) in [5.74, 6) is 0. The molecule has 3 N–H and O–H groups in total. The maximum Gasteiger partial charge on any atom is 0.243 e. The first-order valence-electron chi connectivity index (χ1n) is 5.77. The highest BCUT2D eigenvalue weighted by Crippen LogP contribution is 2.06. The Kier molecular flexibility index (Phi) is 6.38. The van der Waals surface area contributed by atoms with Crippen molar-refractivity contribution in [3.8, 4) is 0 Å². The van der Waals surface area contributed by atoms with Crippen LogP contribution < -0.4 is 10.5 Å². The second kappa shape index (κ2) is 7.56. The van der Waals surface area contributed by atoms with E-state index in [0.717, 1.165) is 0 Å². The Balaban J connectivity index is 2.64. The minimum atomic E-state index is -3.59. The van der Waals surface area contributed by atoms with Gasteiger partial charge in [0.05, 0.1) is 25.5 Å². The number of ether oxygens (including phenoxy) is 2. The van der Waals surface area contributed by atoms with E-state index in [4.69, 9.17) is 15.2 Å². The van der Waals surface area contributed by atoms with Gasteiger partial charge in [-0.05, 0) is 0 Å². The number of hydrogen-bond acceptors (Lipinski definition) is 6. The maximum atomic E-state index is 12.0. The average molecular weight is 292 g/mol. The summed E-state index contributed by atoms with van der Waals surface area (Å²) < 4.78 is 37.9. The lowest BCUT2D eigenvalue weighted by Crippen LogP contribution is -2.35. The van der Waals surface area contributed by atoms with Crippen LogP contribution in [0.1, 0.15) is 0 Å². The van der Waals surface area contributed by atoms with Crippen LogP contribution in [0.4, 0.5) is 0 Å². The van der Waals surface area contributed by atoms with Crippen molar-refractivity contribution in [2.24, 2.45) is 5.73 Å². The quantitative estimate of drug-likeness (QED) is 0.590. The predicted molar refractivity (Wildman–Crippen MR) is 69.1 cm³/mol. The molecule has 0 spiro atoms. The Morgan fingerprint density at radius 1 is 1.53 bits per heavy atom. The van der Waals surface area contributed by atoms with Crippen LogP contribution in [0.15, 0.2) is 17.3 Å². The highest BCUT2D eigenvalue weighted by Gasteiger charge is 2.18. The van der Waals surface area contributed by atoms with Crippen molar-refractivity contribution in [3.63, 3.8) is 0 Å². The first kappa shape index (κ1) is 16.1. The fourth-order valence-corrected chi connectivity index (χ4v) is 2.44. The van der Waals surface area contributed by atoms with Gasteiger partial charge in [-0.3, -0.25) is 4.68 Å². The summed E-state index contributed by atoms with van der Waals surface area (Å²) in [5.41, 5.74) is 5.37. The molecule has 0 aromatic carbocycles. The van der Waals surface area contributed by atoms with Crippen LogP contribution in [0.3, 0.4) is 0 Å². The number of nitrogens with two attached hydrogens (primary N) is 1. The van der Waals surface area contributed by atoms with Gasteiger partial charge in [-0.2, -0.15) is 5.10 Å². The molecule has 1 unspecified atom stereocenters. The van der Waals surface area contributed by atoms with Crippen molar-refractivity contribution >= 4 is 10.0 Å². The fraction of sp³-hybridized carbons (Fsp3) is 0.700. The third kappa shape index (κ3) is 4.88. The lowest BCUT2D eigenvalue weighted by molar-refractivity contribution is 0.0320. The zero-order chi connectivity index (χ0) is 14.3. The molecule has 110 valence electrons. The zero-order valence-electron chi connectivity index (χ0n) is 11.1. The molecule has 0 amide bonds. The van der Waals surface area contributed by atoms with E-state index < -0.39 is 10.0 Å². The molecule has 0 fully saturated rings. The molecule has 1 aromatic rings. The van der Waals surface area contributed by atoms with E-state index in [1.165, 1.54) is 31.3 Å². The van der Waals surface area contributed by atoms with Gasteiger partial charge in [-0.25, -0.2) is 13.1 Å². The van der Waals surface area contributed by atoms with Crippen LogP contribution >= 0.6 is 0 Å². The van der Waals surface area contributed by atoms with Crippen LogP contribution in [-0.2, 0) is 26.0 Å². The summed E-state index contributed by atoms with van der Waals surface area (Å²) in [6, 6.07) is 0. The fourth-order valence-electron chi connectivity index (χ4n) is 1.42. The number of rotatable bonds is 9. The van der Waals surface area contributed by atoms with E-state index in [0.29, 0.717) is 19.7 Å². The minimum absolute atomic E-state index is 0.105. The van der Waals surface area contributed by atoms with Crippen molar-refractivity contribution in [3.05, 3.63) is 12.4 Å². The van der Waals surface area contributed by atoms with Crippen LogP contribution in [0, 0.1) is 0 Å². The van der Waals surface area contributed by atoms with Crippen molar-refractivity contribution in [1.82, 2.24) is 14.5 Å². The molecule has 1 atom stereocenters. The minimum Gasteiger partial charge on any atom is -0.382 e. The van der Waals surface area contributed by atoms with Crippen molar-refractivity contribution < 1.29 is 17.9 Å². The van der Waals surface area contributed by atoms with Gasteiger partial charge in [-0.1, -0.05) is 0 Å². The first-order chi connectivity index (χ1) is 9.03. The Morgan fingerprint density at radius 2 is 2.26 bits per heavy atom. The molecule has 1 heterocycles. The van der Waals surface area contributed by atoms with E-state index in [9.17, 15) is 8.42 Å². The van der Waals surface area contributed by atoms with Gasteiger partial charge in [0.15, 0.2) is 0 Å². The van der Waals surface area contributed by atoms with E-state index in [1.807, 2.05) is 0 Å². The molecule has 1 aromatic heterocycles. The number of methoxy groups -OCH3 is 2.